The predicted molar refractivity (Wildman–Crippen MR) is 96.1 cm³/mol. The van der Waals surface area contributed by atoms with Gasteiger partial charge >= 0.3 is 6.03 Å². The number of anilines is 2. The van der Waals surface area contributed by atoms with Gasteiger partial charge in [0.1, 0.15) is 5.82 Å². The number of nitro groups is 1. The molecule has 4 rings (SSSR count). The highest BCUT2D eigenvalue weighted by atomic mass is 32.2. The summed E-state index contributed by atoms with van der Waals surface area (Å²) in [5.41, 5.74) is 0.435. The quantitative estimate of drug-likeness (QED) is 0.454. The molecule has 8 nitrogen and oxygen atoms in total. The number of fused-ring (bicyclic) bond motifs is 1. The Balaban J connectivity index is 1.80. The number of hydrogen-bond donors (Lipinski definition) is 0. The van der Waals surface area contributed by atoms with Crippen LogP contribution in [0.3, 0.4) is 0 Å². The number of amides is 2. The molecule has 2 aliphatic heterocycles. The van der Waals surface area contributed by atoms with E-state index in [1.54, 1.807) is 0 Å². The number of hydrogen-bond acceptors (Lipinski definition) is 5. The normalized spacial score (nSPS) is 23.5. The Hall–Kier alpha value is -3.01. The predicted octanol–water partition coefficient (Wildman–Crippen LogP) is 2.35. The fourth-order valence-corrected chi connectivity index (χ4v) is 5.58. The maximum absolute atomic E-state index is 13.3. The monoisotopic (exact) mass is 391 g/mol. The van der Waals surface area contributed by atoms with Gasteiger partial charge < -0.3 is 0 Å². The summed E-state index contributed by atoms with van der Waals surface area (Å²) in [7, 11) is -3.39. The minimum atomic E-state index is -3.39. The molecule has 2 aliphatic rings. The lowest BCUT2D eigenvalue weighted by Crippen LogP contribution is -2.37. The molecule has 0 aromatic heterocycles. The fourth-order valence-electron chi connectivity index (χ4n) is 3.67. The highest BCUT2D eigenvalue weighted by Gasteiger charge is 2.54. The number of rotatable bonds is 3. The van der Waals surface area contributed by atoms with E-state index in [9.17, 15) is 27.7 Å². The number of sulfone groups is 1. The minimum absolute atomic E-state index is 0.196. The van der Waals surface area contributed by atoms with E-state index in [1.165, 1.54) is 58.3 Å². The first-order valence-corrected chi connectivity index (χ1v) is 9.92. The van der Waals surface area contributed by atoms with Gasteiger partial charge in [0, 0.05) is 17.8 Å². The van der Waals surface area contributed by atoms with Gasteiger partial charge in [0.25, 0.3) is 5.69 Å². The largest absolute Gasteiger partial charge is 0.329 e. The Bertz CT molecular complexity index is 1040. The van der Waals surface area contributed by atoms with Crippen LogP contribution >= 0.6 is 0 Å². The van der Waals surface area contributed by atoms with Crippen molar-refractivity contribution in [2.45, 2.75) is 12.1 Å². The molecule has 140 valence electrons. The molecule has 2 heterocycles. The molecule has 2 aromatic rings. The van der Waals surface area contributed by atoms with Crippen molar-refractivity contribution in [3.63, 3.8) is 0 Å². The molecule has 2 unspecified atom stereocenters. The van der Waals surface area contributed by atoms with E-state index in [0.29, 0.717) is 5.69 Å². The second-order valence-electron chi connectivity index (χ2n) is 6.49. The van der Waals surface area contributed by atoms with Gasteiger partial charge in [-0.15, -0.1) is 0 Å². The molecule has 2 amide bonds. The molecular formula is C17H14FN3O5S. The summed E-state index contributed by atoms with van der Waals surface area (Å²) in [6.07, 6.45) is 0. The van der Waals surface area contributed by atoms with Crippen LogP contribution < -0.4 is 9.80 Å². The molecule has 2 saturated heterocycles. The van der Waals surface area contributed by atoms with Gasteiger partial charge in [0.15, 0.2) is 9.84 Å². The van der Waals surface area contributed by atoms with Crippen LogP contribution in [0.4, 0.5) is 26.2 Å². The zero-order chi connectivity index (χ0) is 19.3. The van der Waals surface area contributed by atoms with E-state index in [2.05, 4.69) is 0 Å². The highest BCUT2D eigenvalue weighted by Crippen LogP contribution is 2.38. The van der Waals surface area contributed by atoms with Crippen LogP contribution in [0.25, 0.3) is 0 Å². The topological polar surface area (TPSA) is 101 Å². The van der Waals surface area contributed by atoms with Crippen LogP contribution in [0, 0.1) is 15.9 Å². The molecule has 0 spiro atoms. The average molecular weight is 391 g/mol. The van der Waals surface area contributed by atoms with Gasteiger partial charge in [-0.25, -0.2) is 17.6 Å². The lowest BCUT2D eigenvalue weighted by atomic mass is 10.1. The zero-order valence-electron chi connectivity index (χ0n) is 13.9. The molecular weight excluding hydrogens is 377 g/mol. The van der Waals surface area contributed by atoms with E-state index in [0.717, 1.165) is 0 Å². The van der Waals surface area contributed by atoms with Crippen LogP contribution in [0.15, 0.2) is 48.5 Å². The van der Waals surface area contributed by atoms with Gasteiger partial charge in [-0.05, 0) is 30.3 Å². The van der Waals surface area contributed by atoms with Crippen molar-refractivity contribution in [3.8, 4) is 0 Å². The van der Waals surface area contributed by atoms with Gasteiger partial charge in [0.2, 0.25) is 0 Å². The molecule has 10 heteroatoms. The average Bonchev–Trinajstić information content (AvgIpc) is 3.04. The first kappa shape index (κ1) is 17.4. The first-order valence-electron chi connectivity index (χ1n) is 8.10. The summed E-state index contributed by atoms with van der Waals surface area (Å²) in [6.45, 7) is 0. The second kappa shape index (κ2) is 6.02. The van der Waals surface area contributed by atoms with Crippen molar-refractivity contribution >= 4 is 32.9 Å². The number of carbonyl (C=O) groups is 1. The van der Waals surface area contributed by atoms with Gasteiger partial charge in [-0.1, -0.05) is 6.07 Å². The Morgan fingerprint density at radius 1 is 1.00 bits per heavy atom. The number of nitrogens with zero attached hydrogens (tertiary/aromatic N) is 3. The van der Waals surface area contributed by atoms with Crippen molar-refractivity contribution in [3.05, 3.63) is 64.5 Å². The standard InChI is InChI=1S/C17H14FN3O5S/c18-11-4-6-12(7-5-11)19-15-9-27(25,26)10-16(15)20(17(19)22)13-2-1-3-14(8-13)21(23)24/h1-8,15-16H,9-10H2. The lowest BCUT2D eigenvalue weighted by Gasteiger charge is -2.22. The third kappa shape index (κ3) is 2.91. The molecule has 27 heavy (non-hydrogen) atoms. The van der Waals surface area contributed by atoms with Crippen LogP contribution in [0.2, 0.25) is 0 Å². The SMILES string of the molecule is O=C1N(c2ccc(F)cc2)C2CS(=O)(=O)CC2N1c1cccc([N+](=O)[O-])c1. The molecule has 0 saturated carbocycles. The maximum Gasteiger partial charge on any atom is 0.329 e. The Kier molecular flexibility index (Phi) is 3.88. The molecule has 0 aliphatic carbocycles. The summed E-state index contributed by atoms with van der Waals surface area (Å²) in [5.74, 6) is -0.924. The van der Waals surface area contributed by atoms with E-state index in [-0.39, 0.29) is 22.9 Å². The van der Waals surface area contributed by atoms with Gasteiger partial charge in [-0.3, -0.25) is 19.9 Å². The Morgan fingerprint density at radius 2 is 1.59 bits per heavy atom. The van der Waals surface area contributed by atoms with Crippen LogP contribution in [-0.4, -0.2) is 43.0 Å². The molecule has 2 aromatic carbocycles. The summed E-state index contributed by atoms with van der Waals surface area (Å²) in [6, 6.07) is 8.90. The van der Waals surface area contributed by atoms with E-state index in [1.807, 2.05) is 0 Å². The minimum Gasteiger partial charge on any atom is -0.288 e. The molecule has 0 radical (unpaired) electrons. The summed E-state index contributed by atoms with van der Waals surface area (Å²) >= 11 is 0. The summed E-state index contributed by atoms with van der Waals surface area (Å²) in [5, 5.41) is 11.1. The zero-order valence-corrected chi connectivity index (χ0v) is 14.7. The molecule has 0 bridgehead atoms. The van der Waals surface area contributed by atoms with Crippen LogP contribution in [0.5, 0.6) is 0 Å². The summed E-state index contributed by atoms with van der Waals surface area (Å²) < 4.78 is 37.7. The van der Waals surface area contributed by atoms with E-state index < -0.39 is 38.7 Å². The Morgan fingerprint density at radius 3 is 2.19 bits per heavy atom. The van der Waals surface area contributed by atoms with Gasteiger partial charge in [-0.2, -0.15) is 0 Å². The maximum atomic E-state index is 13.3. The third-order valence-electron chi connectivity index (χ3n) is 4.79. The number of non-ortho nitro benzene ring substituents is 1. The number of nitro benzene ring substituents is 1. The molecule has 2 atom stereocenters. The summed E-state index contributed by atoms with van der Waals surface area (Å²) in [4.78, 5) is 26.2. The second-order valence-corrected chi connectivity index (χ2v) is 8.64. The highest BCUT2D eigenvalue weighted by molar-refractivity contribution is 7.91. The molecule has 2 fully saturated rings. The van der Waals surface area contributed by atoms with Gasteiger partial charge in [0.05, 0.1) is 34.2 Å². The fraction of sp³-hybridized carbons (Fsp3) is 0.235. The van der Waals surface area contributed by atoms with Crippen molar-refractivity contribution in [2.75, 3.05) is 21.3 Å². The van der Waals surface area contributed by atoms with Crippen molar-refractivity contribution in [1.82, 2.24) is 0 Å². The number of urea groups is 1. The number of benzene rings is 2. The third-order valence-corrected chi connectivity index (χ3v) is 6.49. The molecule has 0 N–H and O–H groups in total. The number of halogens is 1. The van der Waals surface area contributed by atoms with E-state index in [4.69, 9.17) is 0 Å². The van der Waals surface area contributed by atoms with E-state index >= 15 is 0 Å². The first-order chi connectivity index (χ1) is 12.8. The Labute approximate surface area is 153 Å². The van der Waals surface area contributed by atoms with Crippen LogP contribution in [-0.2, 0) is 9.84 Å². The number of carbonyl (C=O) groups excluding carboxylic acids is 1. The van der Waals surface area contributed by atoms with Crippen molar-refractivity contribution in [2.24, 2.45) is 0 Å². The lowest BCUT2D eigenvalue weighted by molar-refractivity contribution is -0.384. The van der Waals surface area contributed by atoms with Crippen molar-refractivity contribution in [1.29, 1.82) is 0 Å². The van der Waals surface area contributed by atoms with Crippen molar-refractivity contribution < 1.29 is 22.5 Å². The smallest absolute Gasteiger partial charge is 0.288 e. The van der Waals surface area contributed by atoms with Crippen LogP contribution in [0.1, 0.15) is 0 Å².